The van der Waals surface area contributed by atoms with Crippen molar-refractivity contribution < 1.29 is 37.4 Å². The maximum Gasteiger partial charge on any atom is 0.327 e. The third-order valence-electron chi connectivity index (χ3n) is 11.3. The second-order valence-corrected chi connectivity index (χ2v) is 20.0. The van der Waals surface area contributed by atoms with E-state index >= 15 is 0 Å². The lowest BCUT2D eigenvalue weighted by atomic mass is 10.0. The summed E-state index contributed by atoms with van der Waals surface area (Å²) in [4.78, 5) is 25.6. The monoisotopic (exact) mass is 867 g/mol. The van der Waals surface area contributed by atoms with Gasteiger partial charge in [-0.1, -0.05) is 224 Å². The van der Waals surface area contributed by atoms with Crippen LogP contribution in [0.15, 0.2) is 30.3 Å². The Morgan fingerprint density at radius 1 is 0.576 bits per heavy atom. The van der Waals surface area contributed by atoms with Gasteiger partial charge in [-0.2, -0.15) is 0 Å². The number of carbonyl (C=O) groups is 2. The summed E-state index contributed by atoms with van der Waals surface area (Å²) in [7, 11) is 0. The number of esters is 2. The van der Waals surface area contributed by atoms with Crippen molar-refractivity contribution in [3.63, 3.8) is 0 Å². The Balaban J connectivity index is 1.63. The molecule has 1 aromatic rings. The molecule has 2 rings (SSSR count). The lowest BCUT2D eigenvalue weighted by Crippen LogP contribution is -2.32. The second-order valence-electron chi connectivity index (χ2n) is 16.9. The summed E-state index contributed by atoms with van der Waals surface area (Å²) in [6.45, 7) is 2.28. The molecule has 0 bridgehead atoms. The molecule has 1 saturated heterocycles. The largest absolute Gasteiger partial charge is 0.462 e. The summed E-state index contributed by atoms with van der Waals surface area (Å²) in [6, 6.07) is 9.93. The number of rotatable bonds is 41. The first-order valence-corrected chi connectivity index (χ1v) is 27.0. The maximum atomic E-state index is 12.9. The van der Waals surface area contributed by atoms with Gasteiger partial charge in [0, 0.05) is 12.8 Å². The minimum Gasteiger partial charge on any atom is -0.462 e. The molecule has 1 heterocycles. The Morgan fingerprint density at radius 2 is 0.966 bits per heavy atom. The minimum atomic E-state index is -3.07. The quantitative estimate of drug-likeness (QED) is 0.0362. The molecule has 1 aliphatic rings. The average Bonchev–Trinajstić information content (AvgIpc) is 3.24. The van der Waals surface area contributed by atoms with Gasteiger partial charge in [-0.25, -0.2) is 0 Å². The van der Waals surface area contributed by atoms with Crippen molar-refractivity contribution >= 4 is 30.5 Å². The summed E-state index contributed by atoms with van der Waals surface area (Å²) in [5.41, 5.74) is 1.07. The van der Waals surface area contributed by atoms with Crippen molar-refractivity contribution in [1.29, 1.82) is 0 Å². The van der Waals surface area contributed by atoms with Gasteiger partial charge in [0.1, 0.15) is 12.7 Å². The molecular formula is C49H87O8PS. The number of hydrogen-bond donors (Lipinski definition) is 0. The third kappa shape index (κ3) is 32.1. The molecule has 0 amide bonds. The van der Waals surface area contributed by atoms with Crippen molar-refractivity contribution in [3.8, 4) is 0 Å². The Morgan fingerprint density at radius 3 is 1.39 bits per heavy atom. The van der Waals surface area contributed by atoms with Gasteiger partial charge in [0.15, 0.2) is 6.10 Å². The molecule has 8 nitrogen and oxygen atoms in total. The number of carbonyl (C=O) groups excluding carboxylic acids is 2. The molecule has 1 fully saturated rings. The topological polar surface area (TPSA) is 89.5 Å². The van der Waals surface area contributed by atoms with Crippen LogP contribution in [0.5, 0.6) is 0 Å². The highest BCUT2D eigenvalue weighted by atomic mass is 32.5. The predicted octanol–water partition coefficient (Wildman–Crippen LogP) is 14.8. The maximum absolute atomic E-state index is 12.9. The van der Waals surface area contributed by atoms with Gasteiger partial charge in [-0.3, -0.25) is 9.59 Å². The number of unbranched alkanes of at least 4 members (excludes halogenated alkanes) is 28. The molecule has 1 aromatic carbocycles. The van der Waals surface area contributed by atoms with Crippen molar-refractivity contribution in [3.05, 3.63) is 35.9 Å². The highest BCUT2D eigenvalue weighted by Crippen LogP contribution is 2.52. The zero-order valence-electron chi connectivity index (χ0n) is 37.8. The highest BCUT2D eigenvalue weighted by Gasteiger charge is 2.32. The van der Waals surface area contributed by atoms with E-state index in [1.165, 1.54) is 154 Å². The normalized spacial score (nSPS) is 17.2. The van der Waals surface area contributed by atoms with Gasteiger partial charge in [-0.15, -0.1) is 0 Å². The lowest BCUT2D eigenvalue weighted by Gasteiger charge is -2.31. The predicted molar refractivity (Wildman–Crippen MR) is 247 cm³/mol. The van der Waals surface area contributed by atoms with E-state index in [4.69, 9.17) is 39.6 Å². The molecule has 10 heteroatoms. The number of hydrogen-bond acceptors (Lipinski definition) is 9. The first-order valence-electron chi connectivity index (χ1n) is 24.5. The Kier molecular flexibility index (Phi) is 34.9. The van der Waals surface area contributed by atoms with Crippen LogP contribution in [0.4, 0.5) is 0 Å². The number of benzene rings is 1. The van der Waals surface area contributed by atoms with E-state index in [1.54, 1.807) is 0 Å². The molecule has 0 radical (unpaired) electrons. The Bertz CT molecular complexity index is 1160. The van der Waals surface area contributed by atoms with E-state index in [0.29, 0.717) is 19.4 Å². The summed E-state index contributed by atoms with van der Waals surface area (Å²) in [6.07, 6.45) is 37.8. The highest BCUT2D eigenvalue weighted by molar-refractivity contribution is 8.07. The molecule has 0 aliphatic carbocycles. The van der Waals surface area contributed by atoms with E-state index in [0.717, 1.165) is 44.1 Å². The van der Waals surface area contributed by atoms with Crippen LogP contribution in [0, 0.1) is 0 Å². The van der Waals surface area contributed by atoms with Gasteiger partial charge < -0.3 is 27.8 Å². The Labute approximate surface area is 367 Å². The molecular weight excluding hydrogens is 780 g/mol. The first-order chi connectivity index (χ1) is 28.9. The number of ether oxygens (including phenoxy) is 3. The van der Waals surface area contributed by atoms with E-state index < -0.39 is 12.8 Å². The first kappa shape index (κ1) is 53.8. The molecule has 59 heavy (non-hydrogen) atoms. The fraction of sp³-hybridized carbons (Fsp3) is 0.837. The molecule has 0 N–H and O–H groups in total. The standard InChI is InChI=1S/C49H87O8PS/c1-3-5-7-9-11-13-15-17-19-21-23-25-27-29-34-38-48(50)53-41-47(44-56-58(59)54-42-46(43-55-58)52-40-45-36-32-31-33-37-45)57-49(51)39-35-30-28-26-24-22-20-18-16-14-12-10-8-6-4-2/h31-33,36-37,46-47H,3-30,34-35,38-44H2,1-2H3. The van der Waals surface area contributed by atoms with E-state index in [-0.39, 0.29) is 44.5 Å². The molecule has 342 valence electrons. The molecule has 1 atom stereocenters. The summed E-state index contributed by atoms with van der Waals surface area (Å²) in [5.74, 6) is -0.599. The van der Waals surface area contributed by atoms with Crippen LogP contribution in [0.2, 0.25) is 0 Å². The van der Waals surface area contributed by atoms with Gasteiger partial charge in [0.2, 0.25) is 0 Å². The fourth-order valence-electron chi connectivity index (χ4n) is 7.47. The van der Waals surface area contributed by atoms with Crippen LogP contribution in [-0.2, 0) is 55.8 Å². The van der Waals surface area contributed by atoms with E-state index in [9.17, 15) is 9.59 Å². The van der Waals surface area contributed by atoms with Gasteiger partial charge in [0.25, 0.3) is 0 Å². The summed E-state index contributed by atoms with van der Waals surface area (Å²) in [5, 5.41) is 0. The smallest absolute Gasteiger partial charge is 0.327 e. The van der Waals surface area contributed by atoms with Crippen LogP contribution in [0.25, 0.3) is 0 Å². The fourth-order valence-corrected chi connectivity index (χ4v) is 9.29. The van der Waals surface area contributed by atoms with Crippen molar-refractivity contribution in [1.82, 2.24) is 0 Å². The van der Waals surface area contributed by atoms with Crippen LogP contribution >= 0.6 is 6.72 Å². The van der Waals surface area contributed by atoms with Crippen molar-refractivity contribution in [2.75, 3.05) is 26.4 Å². The second kappa shape index (κ2) is 38.3. The Hall–Kier alpha value is -1.35. The molecule has 0 spiro atoms. The molecule has 0 saturated carbocycles. The zero-order chi connectivity index (χ0) is 42.3. The van der Waals surface area contributed by atoms with Gasteiger partial charge in [0.05, 0.1) is 26.4 Å². The third-order valence-corrected chi connectivity index (χ3v) is 13.6. The molecule has 1 unspecified atom stereocenters. The summed E-state index contributed by atoms with van der Waals surface area (Å²) < 4.78 is 35.0. The van der Waals surface area contributed by atoms with Crippen LogP contribution in [0.1, 0.15) is 225 Å². The lowest BCUT2D eigenvalue weighted by molar-refractivity contribution is -0.161. The zero-order valence-corrected chi connectivity index (χ0v) is 39.5. The minimum absolute atomic E-state index is 0.0658. The summed E-state index contributed by atoms with van der Waals surface area (Å²) >= 11 is 5.61. The van der Waals surface area contributed by atoms with Crippen molar-refractivity contribution in [2.24, 2.45) is 0 Å². The van der Waals surface area contributed by atoms with Crippen molar-refractivity contribution in [2.45, 2.75) is 238 Å². The van der Waals surface area contributed by atoms with Crippen LogP contribution in [0.3, 0.4) is 0 Å². The van der Waals surface area contributed by atoms with Crippen LogP contribution in [-0.4, -0.2) is 50.6 Å². The SMILES string of the molecule is CCCCCCCCCCCCCCCCCC(=O)OCC(COP1(=S)OCC(OCc2ccccc2)CO1)OC(=O)CCCCCCCCCCCCCCCCC. The van der Waals surface area contributed by atoms with Crippen LogP contribution < -0.4 is 0 Å². The van der Waals surface area contributed by atoms with E-state index in [1.807, 2.05) is 30.3 Å². The molecule has 0 aromatic heterocycles. The molecule has 1 aliphatic heterocycles. The average molecular weight is 867 g/mol. The van der Waals surface area contributed by atoms with E-state index in [2.05, 4.69) is 13.8 Å². The van der Waals surface area contributed by atoms with Gasteiger partial charge in [-0.05, 0) is 30.2 Å². The van der Waals surface area contributed by atoms with Gasteiger partial charge >= 0.3 is 18.7 Å².